The van der Waals surface area contributed by atoms with Crippen LogP contribution in [-0.4, -0.2) is 52.3 Å². The molecule has 0 saturated carbocycles. The number of likely N-dealkylation sites (tertiary alicyclic amines) is 1. The van der Waals surface area contributed by atoms with Crippen LogP contribution in [0.3, 0.4) is 0 Å². The van der Waals surface area contributed by atoms with Gasteiger partial charge in [-0.05, 0) is 25.9 Å². The second-order valence-electron chi connectivity index (χ2n) is 4.28. The van der Waals surface area contributed by atoms with Crippen molar-refractivity contribution in [2.24, 2.45) is 0 Å². The van der Waals surface area contributed by atoms with Crippen molar-refractivity contribution in [2.45, 2.75) is 24.6 Å². The number of nitrogens with zero attached hydrogens (tertiary/aromatic N) is 2. The minimum Gasteiger partial charge on any atom is -0.478 e. The number of amides is 1. The van der Waals surface area contributed by atoms with E-state index < -0.39 is 5.97 Å². The molecule has 0 aliphatic carbocycles. The van der Waals surface area contributed by atoms with Gasteiger partial charge in [-0.1, -0.05) is 18.2 Å². The van der Waals surface area contributed by atoms with Crippen LogP contribution >= 0.6 is 11.8 Å². The quantitative estimate of drug-likeness (QED) is 0.745. The first kappa shape index (κ1) is 12.4. The van der Waals surface area contributed by atoms with Crippen molar-refractivity contribution in [3.63, 3.8) is 0 Å². The Morgan fingerprint density at radius 2 is 2.06 bits per heavy atom. The van der Waals surface area contributed by atoms with Gasteiger partial charge < -0.3 is 10.0 Å². The average molecular weight is 256 g/mol. The molecule has 2 fully saturated rings. The van der Waals surface area contributed by atoms with E-state index in [4.69, 9.17) is 5.11 Å². The molecule has 2 rings (SSSR count). The van der Waals surface area contributed by atoms with Crippen LogP contribution in [0.2, 0.25) is 0 Å². The average Bonchev–Trinajstić information content (AvgIpc) is 2.58. The van der Waals surface area contributed by atoms with Gasteiger partial charge in [-0.25, -0.2) is 4.79 Å². The second-order valence-corrected chi connectivity index (χ2v) is 5.39. The number of hydrogen-bond acceptors (Lipinski definition) is 4. The first-order valence-corrected chi connectivity index (χ1v) is 6.60. The molecule has 94 valence electrons. The van der Waals surface area contributed by atoms with Gasteiger partial charge in [-0.2, -0.15) is 0 Å². The van der Waals surface area contributed by atoms with E-state index in [0.717, 1.165) is 32.0 Å². The van der Waals surface area contributed by atoms with Crippen LogP contribution in [-0.2, 0) is 9.59 Å². The second kappa shape index (κ2) is 5.10. The molecule has 0 aromatic carbocycles. The molecule has 0 aromatic rings. The fourth-order valence-corrected chi connectivity index (χ4v) is 3.40. The summed E-state index contributed by atoms with van der Waals surface area (Å²) < 4.78 is 0. The van der Waals surface area contributed by atoms with Crippen molar-refractivity contribution in [1.82, 2.24) is 9.80 Å². The summed E-state index contributed by atoms with van der Waals surface area (Å²) in [5.74, 6) is -1.02. The molecule has 2 heterocycles. The molecule has 6 heteroatoms. The number of carbonyl (C=O) groups excluding carboxylic acids is 1. The number of thioether (sulfide) groups is 1. The van der Waals surface area contributed by atoms with Gasteiger partial charge in [0.05, 0.1) is 11.1 Å². The van der Waals surface area contributed by atoms with Crippen molar-refractivity contribution < 1.29 is 14.7 Å². The highest BCUT2D eigenvalue weighted by Crippen LogP contribution is 2.36. The summed E-state index contributed by atoms with van der Waals surface area (Å²) in [6.45, 7) is 1.86. The Morgan fingerprint density at radius 1 is 1.41 bits per heavy atom. The van der Waals surface area contributed by atoms with E-state index in [0.29, 0.717) is 5.03 Å². The van der Waals surface area contributed by atoms with Crippen molar-refractivity contribution >= 4 is 23.6 Å². The van der Waals surface area contributed by atoms with E-state index >= 15 is 0 Å². The van der Waals surface area contributed by atoms with Gasteiger partial charge in [-0.15, -0.1) is 0 Å². The zero-order valence-electron chi connectivity index (χ0n) is 9.76. The van der Waals surface area contributed by atoms with E-state index in [-0.39, 0.29) is 11.3 Å². The summed E-state index contributed by atoms with van der Waals surface area (Å²) in [5, 5.41) is 9.03. The zero-order chi connectivity index (χ0) is 12.4. The van der Waals surface area contributed by atoms with Crippen LogP contribution in [0.4, 0.5) is 0 Å². The lowest BCUT2D eigenvalue weighted by atomic mass is 10.1. The van der Waals surface area contributed by atoms with Crippen LogP contribution in [0.5, 0.6) is 0 Å². The van der Waals surface area contributed by atoms with E-state index in [1.54, 1.807) is 7.05 Å². The van der Waals surface area contributed by atoms with Gasteiger partial charge in [0.2, 0.25) is 0 Å². The van der Waals surface area contributed by atoms with Gasteiger partial charge in [0.25, 0.3) is 5.91 Å². The lowest BCUT2D eigenvalue weighted by Crippen LogP contribution is -2.42. The number of carboxylic acid groups (broad SMARTS) is 1. The number of carboxylic acids is 1. The van der Waals surface area contributed by atoms with Crippen LogP contribution in [0, 0.1) is 0 Å². The third kappa shape index (κ3) is 2.63. The number of hydrogen-bond donors (Lipinski definition) is 1. The minimum absolute atomic E-state index is 0.00981. The van der Waals surface area contributed by atoms with Crippen LogP contribution in [0.25, 0.3) is 0 Å². The molecule has 0 radical (unpaired) electrons. The van der Waals surface area contributed by atoms with Gasteiger partial charge in [0.15, 0.2) is 0 Å². The number of aliphatic carboxylic acids is 1. The molecule has 5 nitrogen and oxygen atoms in total. The van der Waals surface area contributed by atoms with Gasteiger partial charge in [0.1, 0.15) is 5.37 Å². The van der Waals surface area contributed by atoms with Gasteiger partial charge >= 0.3 is 5.97 Å². The number of likely N-dealkylation sites (N-methyl/N-ethyl adjacent to an activating group) is 1. The first-order valence-electron chi connectivity index (χ1n) is 5.72. The molecular formula is C11H16N2O3S. The molecule has 1 atom stereocenters. The molecule has 1 N–H and O–H groups in total. The van der Waals surface area contributed by atoms with Crippen molar-refractivity contribution in [3.8, 4) is 0 Å². The Hall–Kier alpha value is -1.01. The monoisotopic (exact) mass is 256 g/mol. The smallest absolute Gasteiger partial charge is 0.330 e. The fraction of sp³-hybridized carbons (Fsp3) is 0.636. The lowest BCUT2D eigenvalue weighted by molar-refractivity contribution is -0.131. The zero-order valence-corrected chi connectivity index (χ0v) is 10.6. The number of rotatable bonds is 2. The van der Waals surface area contributed by atoms with Gasteiger partial charge in [-0.3, -0.25) is 9.69 Å². The Kier molecular flexibility index (Phi) is 3.73. The topological polar surface area (TPSA) is 60.9 Å². The summed E-state index contributed by atoms with van der Waals surface area (Å²) in [5.41, 5.74) is 0. The van der Waals surface area contributed by atoms with E-state index in [1.807, 2.05) is 0 Å². The van der Waals surface area contributed by atoms with Crippen molar-refractivity contribution in [2.75, 3.05) is 20.1 Å². The van der Waals surface area contributed by atoms with E-state index in [1.165, 1.54) is 23.1 Å². The van der Waals surface area contributed by atoms with Gasteiger partial charge in [0, 0.05) is 7.05 Å². The Balaban J connectivity index is 2.10. The van der Waals surface area contributed by atoms with E-state index in [2.05, 4.69) is 4.90 Å². The molecule has 2 saturated heterocycles. The van der Waals surface area contributed by atoms with Crippen LogP contribution in [0.1, 0.15) is 19.3 Å². The number of carbonyl (C=O) groups is 2. The predicted octanol–water partition coefficient (Wildman–Crippen LogP) is 0.930. The Labute approximate surface area is 104 Å². The molecule has 0 bridgehead atoms. The maximum Gasteiger partial charge on any atom is 0.330 e. The molecule has 17 heavy (non-hydrogen) atoms. The molecule has 1 amide bonds. The highest BCUT2D eigenvalue weighted by atomic mass is 32.2. The number of piperidine rings is 1. The predicted molar refractivity (Wildman–Crippen MR) is 65.3 cm³/mol. The third-order valence-electron chi connectivity index (χ3n) is 3.07. The molecule has 2 aliphatic heterocycles. The highest BCUT2D eigenvalue weighted by Gasteiger charge is 2.38. The van der Waals surface area contributed by atoms with E-state index in [9.17, 15) is 9.59 Å². The molecular weight excluding hydrogens is 240 g/mol. The first-order chi connectivity index (χ1) is 8.09. The largest absolute Gasteiger partial charge is 0.478 e. The Bertz CT molecular complexity index is 364. The highest BCUT2D eigenvalue weighted by molar-refractivity contribution is 8.04. The Morgan fingerprint density at radius 3 is 2.65 bits per heavy atom. The normalized spacial score (nSPS) is 29.0. The maximum absolute atomic E-state index is 12.0. The third-order valence-corrected chi connectivity index (χ3v) is 4.43. The fourth-order valence-electron chi connectivity index (χ4n) is 2.14. The van der Waals surface area contributed by atoms with Crippen molar-refractivity contribution in [1.29, 1.82) is 0 Å². The standard InChI is InChI=1S/C11H16N2O3S/c1-12-8(7-9(14)15)17-11(10(12)16)13-5-3-2-4-6-13/h7,11H,2-6H2,1H3,(H,14,15)/b8-7+. The maximum atomic E-state index is 12.0. The van der Waals surface area contributed by atoms with Crippen LogP contribution < -0.4 is 0 Å². The summed E-state index contributed by atoms with van der Waals surface area (Å²) in [4.78, 5) is 26.3. The molecule has 1 unspecified atom stereocenters. The summed E-state index contributed by atoms with van der Waals surface area (Å²) >= 11 is 1.34. The van der Waals surface area contributed by atoms with Crippen molar-refractivity contribution in [3.05, 3.63) is 11.1 Å². The lowest BCUT2D eigenvalue weighted by Gasteiger charge is -2.29. The summed E-state index contributed by atoms with van der Waals surface area (Å²) in [6, 6.07) is 0. The van der Waals surface area contributed by atoms with Crippen LogP contribution in [0.15, 0.2) is 11.1 Å². The SMILES string of the molecule is CN1C(=O)C(N2CCCCC2)S/C1=C/C(=O)O. The molecule has 2 aliphatic rings. The molecule has 0 spiro atoms. The summed E-state index contributed by atoms with van der Waals surface area (Å²) in [6.07, 6.45) is 4.56. The minimum atomic E-state index is -1.01. The molecule has 0 aromatic heterocycles. The summed E-state index contributed by atoms with van der Waals surface area (Å²) in [7, 11) is 1.63.